The highest BCUT2D eigenvalue weighted by Crippen LogP contribution is 2.30. The maximum atomic E-state index is 12.3. The molecule has 0 amide bonds. The second kappa shape index (κ2) is 3.79. The van der Waals surface area contributed by atoms with Gasteiger partial charge in [0.1, 0.15) is 17.6 Å². The largest absolute Gasteiger partial charge is 0.491 e. The van der Waals surface area contributed by atoms with Gasteiger partial charge in [-0.3, -0.25) is 0 Å². The Morgan fingerprint density at radius 1 is 1.41 bits per heavy atom. The van der Waals surface area contributed by atoms with E-state index in [1.807, 2.05) is 0 Å². The van der Waals surface area contributed by atoms with E-state index in [1.165, 1.54) is 13.3 Å². The predicted molar refractivity (Wildman–Crippen MR) is 54.5 cm³/mol. The lowest BCUT2D eigenvalue weighted by molar-refractivity contribution is -0.140. The summed E-state index contributed by atoms with van der Waals surface area (Å²) in [5, 5.41) is 0. The Balaban J connectivity index is 2.61. The van der Waals surface area contributed by atoms with Gasteiger partial charge in [-0.05, 0) is 0 Å². The van der Waals surface area contributed by atoms with Crippen LogP contribution in [-0.4, -0.2) is 27.8 Å². The Hall–Kier alpha value is -1.99. The highest BCUT2D eigenvalue weighted by Gasteiger charge is 2.29. The molecule has 0 aliphatic heterocycles. The van der Waals surface area contributed by atoms with Crippen LogP contribution in [0.4, 0.5) is 19.0 Å². The fraction of sp³-hybridized carbons (Fsp3) is 0.333. The zero-order valence-corrected chi connectivity index (χ0v) is 8.82. The quantitative estimate of drug-likeness (QED) is 0.873. The molecule has 0 fully saturated rings. The van der Waals surface area contributed by atoms with Crippen LogP contribution in [0.25, 0.3) is 11.0 Å². The highest BCUT2D eigenvalue weighted by atomic mass is 19.4. The van der Waals surface area contributed by atoms with Crippen LogP contribution in [0.15, 0.2) is 12.5 Å². The minimum absolute atomic E-state index is 0.0314. The Bertz CT molecular complexity index is 549. The van der Waals surface area contributed by atoms with Crippen molar-refractivity contribution in [1.29, 1.82) is 0 Å². The number of fused-ring (bicyclic) bond motifs is 1. The first-order valence-corrected chi connectivity index (χ1v) is 4.62. The van der Waals surface area contributed by atoms with Crippen molar-refractivity contribution in [2.24, 2.45) is 0 Å². The fourth-order valence-corrected chi connectivity index (χ4v) is 1.56. The molecular formula is C9H9F3N4O. The van der Waals surface area contributed by atoms with E-state index >= 15 is 0 Å². The van der Waals surface area contributed by atoms with Crippen LogP contribution in [0.5, 0.6) is 5.75 Å². The number of anilines is 1. The number of methoxy groups -OCH3 is 1. The predicted octanol–water partition coefficient (Wildman–Crippen LogP) is 1.58. The molecule has 0 spiro atoms. The molecule has 2 aromatic rings. The molecule has 0 aromatic carbocycles. The van der Waals surface area contributed by atoms with Crippen molar-refractivity contribution in [3.05, 3.63) is 12.5 Å². The molecule has 0 unspecified atom stereocenters. The van der Waals surface area contributed by atoms with Gasteiger partial charge in [0, 0.05) is 0 Å². The summed E-state index contributed by atoms with van der Waals surface area (Å²) < 4.78 is 42.9. The third-order valence-corrected chi connectivity index (χ3v) is 2.19. The average Bonchev–Trinajstić information content (AvgIpc) is 2.59. The monoisotopic (exact) mass is 246 g/mol. The first-order chi connectivity index (χ1) is 7.92. The van der Waals surface area contributed by atoms with E-state index in [4.69, 9.17) is 10.5 Å². The lowest BCUT2D eigenvalue weighted by Gasteiger charge is -2.11. The maximum Gasteiger partial charge on any atom is 0.406 e. The molecule has 0 saturated carbocycles. The summed E-state index contributed by atoms with van der Waals surface area (Å²) in [4.78, 5) is 7.60. The third kappa shape index (κ3) is 2.10. The van der Waals surface area contributed by atoms with Gasteiger partial charge in [-0.2, -0.15) is 13.2 Å². The Kier molecular flexibility index (Phi) is 2.56. The van der Waals surface area contributed by atoms with Crippen LogP contribution in [0, 0.1) is 0 Å². The summed E-state index contributed by atoms with van der Waals surface area (Å²) in [5.74, 6) is 0.133. The molecule has 2 aromatic heterocycles. The number of hydrogen-bond donors (Lipinski definition) is 1. The van der Waals surface area contributed by atoms with E-state index in [1.54, 1.807) is 0 Å². The van der Waals surface area contributed by atoms with Crippen LogP contribution < -0.4 is 10.5 Å². The molecule has 0 atom stereocenters. The molecule has 8 heteroatoms. The molecule has 0 aliphatic carbocycles. The standard InChI is InChI=1S/C9H9F3N4O/c1-17-7-6-5(2-14-8(7)13)15-4-16(6)3-9(10,11)12/h2,4H,3H2,1H3,(H2,13,14). The van der Waals surface area contributed by atoms with E-state index in [0.717, 1.165) is 10.9 Å². The van der Waals surface area contributed by atoms with Crippen molar-refractivity contribution in [3.63, 3.8) is 0 Å². The summed E-state index contributed by atoms with van der Waals surface area (Å²) in [6, 6.07) is 0. The molecule has 2 heterocycles. The number of aromatic nitrogens is 3. The third-order valence-electron chi connectivity index (χ3n) is 2.19. The molecule has 0 aliphatic rings. The van der Waals surface area contributed by atoms with Crippen LogP contribution in [0.2, 0.25) is 0 Å². The van der Waals surface area contributed by atoms with E-state index in [2.05, 4.69) is 9.97 Å². The number of alkyl halides is 3. The van der Waals surface area contributed by atoms with Gasteiger partial charge < -0.3 is 15.0 Å². The number of hydrogen-bond acceptors (Lipinski definition) is 4. The summed E-state index contributed by atoms with van der Waals surface area (Å²) in [6.45, 7) is -1.15. The van der Waals surface area contributed by atoms with E-state index in [0.29, 0.717) is 5.52 Å². The normalized spacial score (nSPS) is 12.0. The van der Waals surface area contributed by atoms with Gasteiger partial charge in [0.15, 0.2) is 11.6 Å². The number of halogens is 3. The van der Waals surface area contributed by atoms with Crippen molar-refractivity contribution in [1.82, 2.24) is 14.5 Å². The van der Waals surface area contributed by atoms with Crippen LogP contribution in [0.1, 0.15) is 0 Å². The summed E-state index contributed by atoms with van der Waals surface area (Å²) in [5.41, 5.74) is 6.03. The SMILES string of the molecule is COc1c(N)ncc2ncn(CC(F)(F)F)c12. The number of ether oxygens (including phenoxy) is 1. The minimum atomic E-state index is -4.34. The van der Waals surface area contributed by atoms with Gasteiger partial charge in [0.25, 0.3) is 0 Å². The van der Waals surface area contributed by atoms with Crippen molar-refractivity contribution >= 4 is 16.9 Å². The molecule has 2 N–H and O–H groups in total. The van der Waals surface area contributed by atoms with Crippen LogP contribution in [0.3, 0.4) is 0 Å². The first-order valence-electron chi connectivity index (χ1n) is 4.62. The van der Waals surface area contributed by atoms with Gasteiger partial charge >= 0.3 is 6.18 Å². The van der Waals surface area contributed by atoms with E-state index in [9.17, 15) is 13.2 Å². The number of nitrogens with two attached hydrogens (primary N) is 1. The number of pyridine rings is 1. The second-order valence-corrected chi connectivity index (χ2v) is 3.40. The lowest BCUT2D eigenvalue weighted by Crippen LogP contribution is -2.17. The molecular weight excluding hydrogens is 237 g/mol. The van der Waals surface area contributed by atoms with Gasteiger partial charge in [-0.15, -0.1) is 0 Å². The second-order valence-electron chi connectivity index (χ2n) is 3.40. The number of rotatable bonds is 2. The number of imidazole rings is 1. The van der Waals surface area contributed by atoms with Gasteiger partial charge in [0.2, 0.25) is 0 Å². The minimum Gasteiger partial charge on any atom is -0.491 e. The zero-order chi connectivity index (χ0) is 12.6. The zero-order valence-electron chi connectivity index (χ0n) is 8.82. The van der Waals surface area contributed by atoms with Crippen molar-refractivity contribution in [2.45, 2.75) is 12.7 Å². The van der Waals surface area contributed by atoms with Crippen LogP contribution >= 0.6 is 0 Å². The number of nitrogen functional groups attached to an aromatic ring is 1. The Morgan fingerprint density at radius 2 is 2.12 bits per heavy atom. The molecule has 2 rings (SSSR count). The first kappa shape index (κ1) is 11.5. The summed E-state index contributed by atoms with van der Waals surface area (Å²) in [7, 11) is 1.32. The van der Waals surface area contributed by atoms with Crippen molar-refractivity contribution in [3.8, 4) is 5.75 Å². The molecule has 0 bridgehead atoms. The molecule has 0 saturated heterocycles. The number of nitrogens with zero attached hydrogens (tertiary/aromatic N) is 3. The van der Waals surface area contributed by atoms with E-state index in [-0.39, 0.29) is 17.1 Å². The summed E-state index contributed by atoms with van der Waals surface area (Å²) >= 11 is 0. The van der Waals surface area contributed by atoms with Crippen LogP contribution in [-0.2, 0) is 6.54 Å². The topological polar surface area (TPSA) is 66.0 Å². The molecule has 0 radical (unpaired) electrons. The smallest absolute Gasteiger partial charge is 0.406 e. The van der Waals surface area contributed by atoms with Gasteiger partial charge in [-0.25, -0.2) is 9.97 Å². The van der Waals surface area contributed by atoms with Crippen molar-refractivity contribution in [2.75, 3.05) is 12.8 Å². The average molecular weight is 246 g/mol. The highest BCUT2D eigenvalue weighted by molar-refractivity contribution is 5.85. The van der Waals surface area contributed by atoms with Crippen molar-refractivity contribution < 1.29 is 17.9 Å². The Morgan fingerprint density at radius 3 is 2.71 bits per heavy atom. The lowest BCUT2D eigenvalue weighted by atomic mass is 10.3. The molecule has 5 nitrogen and oxygen atoms in total. The Labute approximate surface area is 94.0 Å². The van der Waals surface area contributed by atoms with E-state index < -0.39 is 12.7 Å². The van der Waals surface area contributed by atoms with Gasteiger partial charge in [-0.1, -0.05) is 0 Å². The van der Waals surface area contributed by atoms with Gasteiger partial charge in [0.05, 0.1) is 19.6 Å². The fourth-order valence-electron chi connectivity index (χ4n) is 1.56. The summed E-state index contributed by atoms with van der Waals surface area (Å²) in [6.07, 6.45) is -1.95. The molecule has 17 heavy (non-hydrogen) atoms. The maximum absolute atomic E-state index is 12.3. The molecule has 92 valence electrons.